The molecule has 0 saturated carbocycles. The second-order valence-corrected chi connectivity index (χ2v) is 7.20. The quantitative estimate of drug-likeness (QED) is 0.320. The van der Waals surface area contributed by atoms with Crippen LogP contribution < -0.4 is 16.4 Å². The van der Waals surface area contributed by atoms with E-state index < -0.39 is 0 Å². The maximum Gasteiger partial charge on any atom is 0.221 e. The van der Waals surface area contributed by atoms with Gasteiger partial charge < -0.3 is 21.1 Å². The maximum atomic E-state index is 11.5. The molecule has 1 amide bonds. The Morgan fingerprint density at radius 2 is 2.18 bits per heavy atom. The Kier molecular flexibility index (Phi) is 9.79. The maximum absolute atomic E-state index is 11.5. The number of rotatable bonds is 10. The average Bonchev–Trinajstić information content (AvgIpc) is 2.70. The van der Waals surface area contributed by atoms with Crippen molar-refractivity contribution in [1.82, 2.24) is 15.5 Å². The van der Waals surface area contributed by atoms with Crippen LogP contribution >= 0.6 is 0 Å². The first-order chi connectivity index (χ1) is 13.6. The van der Waals surface area contributed by atoms with Crippen molar-refractivity contribution >= 4 is 11.9 Å². The van der Waals surface area contributed by atoms with Crippen molar-refractivity contribution < 1.29 is 9.53 Å². The van der Waals surface area contributed by atoms with Gasteiger partial charge in [0.1, 0.15) is 0 Å². The molecule has 7 nitrogen and oxygen atoms in total. The predicted octanol–water partition coefficient (Wildman–Crippen LogP) is 1.48. The summed E-state index contributed by atoms with van der Waals surface area (Å²) >= 11 is 0. The largest absolute Gasteiger partial charge is 0.382 e. The predicted molar refractivity (Wildman–Crippen MR) is 113 cm³/mol. The van der Waals surface area contributed by atoms with Crippen molar-refractivity contribution in [3.05, 3.63) is 35.4 Å². The summed E-state index contributed by atoms with van der Waals surface area (Å²) in [5, 5.41) is 6.65. The van der Waals surface area contributed by atoms with E-state index in [1.54, 1.807) is 7.05 Å². The standard InChI is InChI=1S/C21H35N5O2/c1-3-28-12-6-10-24-21(23-2)25-14-17-7-4-8-18(13-17)15-26-11-5-9-19(16-26)20(22)27/h4,7-8,13,19H,3,5-6,9-12,14-16H2,1-2H3,(H2,22,27)(H2,23,24,25). The van der Waals surface area contributed by atoms with Crippen LogP contribution in [-0.4, -0.2) is 56.7 Å². The normalized spacial score (nSPS) is 18.1. The number of aliphatic imine (C=N–C) groups is 1. The lowest BCUT2D eigenvalue weighted by molar-refractivity contribution is -0.123. The zero-order valence-corrected chi connectivity index (χ0v) is 17.2. The van der Waals surface area contributed by atoms with Crippen molar-refractivity contribution in [2.45, 2.75) is 39.3 Å². The van der Waals surface area contributed by atoms with Gasteiger partial charge in [0.2, 0.25) is 5.91 Å². The minimum atomic E-state index is -0.178. The second-order valence-electron chi connectivity index (χ2n) is 7.20. The van der Waals surface area contributed by atoms with E-state index in [2.05, 4.69) is 44.8 Å². The third-order valence-electron chi connectivity index (χ3n) is 4.95. The van der Waals surface area contributed by atoms with E-state index in [1.165, 1.54) is 11.1 Å². The van der Waals surface area contributed by atoms with Crippen LogP contribution in [0.3, 0.4) is 0 Å². The summed E-state index contributed by atoms with van der Waals surface area (Å²) in [6.07, 6.45) is 2.89. The highest BCUT2D eigenvalue weighted by Gasteiger charge is 2.23. The number of ether oxygens (including phenoxy) is 1. The van der Waals surface area contributed by atoms with Gasteiger partial charge >= 0.3 is 0 Å². The fourth-order valence-corrected chi connectivity index (χ4v) is 3.46. The van der Waals surface area contributed by atoms with Gasteiger partial charge in [-0.2, -0.15) is 0 Å². The molecule has 1 unspecified atom stereocenters. The Balaban J connectivity index is 1.79. The Labute approximate surface area is 168 Å². The molecule has 7 heteroatoms. The van der Waals surface area contributed by atoms with Crippen molar-refractivity contribution in [2.24, 2.45) is 16.6 Å². The zero-order valence-electron chi connectivity index (χ0n) is 17.2. The van der Waals surface area contributed by atoms with E-state index in [4.69, 9.17) is 10.5 Å². The SMILES string of the molecule is CCOCCCNC(=NC)NCc1cccc(CN2CCCC(C(N)=O)C2)c1. The molecule has 0 radical (unpaired) electrons. The van der Waals surface area contributed by atoms with E-state index in [1.807, 2.05) is 6.92 Å². The minimum Gasteiger partial charge on any atom is -0.382 e. The van der Waals surface area contributed by atoms with E-state index in [0.717, 1.165) is 64.6 Å². The third kappa shape index (κ3) is 7.86. The molecule has 0 aromatic heterocycles. The third-order valence-corrected chi connectivity index (χ3v) is 4.95. The van der Waals surface area contributed by atoms with E-state index >= 15 is 0 Å². The number of amides is 1. The fraction of sp³-hybridized carbons (Fsp3) is 0.619. The number of hydrogen-bond acceptors (Lipinski definition) is 4. The number of benzene rings is 1. The van der Waals surface area contributed by atoms with Gasteiger partial charge in [0.25, 0.3) is 0 Å². The molecule has 1 aromatic rings. The summed E-state index contributed by atoms with van der Waals surface area (Å²) in [6.45, 7) is 7.68. The molecular formula is C21H35N5O2. The van der Waals surface area contributed by atoms with Crippen molar-refractivity contribution in [3.8, 4) is 0 Å². The molecule has 0 spiro atoms. The number of likely N-dealkylation sites (tertiary alicyclic amines) is 1. The first-order valence-corrected chi connectivity index (χ1v) is 10.2. The lowest BCUT2D eigenvalue weighted by atomic mass is 9.97. The van der Waals surface area contributed by atoms with Gasteiger partial charge in [-0.1, -0.05) is 24.3 Å². The van der Waals surface area contributed by atoms with Crippen LogP contribution in [0, 0.1) is 5.92 Å². The van der Waals surface area contributed by atoms with Gasteiger partial charge in [0.05, 0.1) is 5.92 Å². The number of nitrogens with zero attached hydrogens (tertiary/aromatic N) is 2. The van der Waals surface area contributed by atoms with E-state index in [0.29, 0.717) is 6.54 Å². The van der Waals surface area contributed by atoms with Crippen molar-refractivity contribution in [2.75, 3.05) is 39.9 Å². The Hall–Kier alpha value is -2.12. The highest BCUT2D eigenvalue weighted by atomic mass is 16.5. The number of primary amides is 1. The number of guanidine groups is 1. The Bertz CT molecular complexity index is 635. The molecule has 1 aliphatic rings. The van der Waals surface area contributed by atoms with Gasteiger partial charge in [-0.05, 0) is 43.9 Å². The Morgan fingerprint density at radius 3 is 2.93 bits per heavy atom. The van der Waals surface area contributed by atoms with Crippen LogP contribution in [0.5, 0.6) is 0 Å². The summed E-state index contributed by atoms with van der Waals surface area (Å²) in [6, 6.07) is 8.54. The Morgan fingerprint density at radius 1 is 1.36 bits per heavy atom. The highest BCUT2D eigenvalue weighted by Crippen LogP contribution is 2.18. The van der Waals surface area contributed by atoms with Crippen LogP contribution in [-0.2, 0) is 22.6 Å². The average molecular weight is 390 g/mol. The number of nitrogens with two attached hydrogens (primary N) is 1. The first kappa shape index (κ1) is 22.2. The highest BCUT2D eigenvalue weighted by molar-refractivity contribution is 5.79. The van der Waals surface area contributed by atoms with Crippen LogP contribution in [0.1, 0.15) is 37.3 Å². The molecule has 4 N–H and O–H groups in total. The molecule has 1 heterocycles. The topological polar surface area (TPSA) is 92.0 Å². The first-order valence-electron chi connectivity index (χ1n) is 10.2. The van der Waals surface area contributed by atoms with Crippen LogP contribution in [0.2, 0.25) is 0 Å². The van der Waals surface area contributed by atoms with Crippen LogP contribution in [0.15, 0.2) is 29.3 Å². The number of carbonyl (C=O) groups is 1. The summed E-state index contributed by atoms with van der Waals surface area (Å²) < 4.78 is 5.34. The molecule has 156 valence electrons. The molecule has 1 saturated heterocycles. The number of hydrogen-bond donors (Lipinski definition) is 3. The molecule has 1 fully saturated rings. The number of carbonyl (C=O) groups excluding carboxylic acids is 1. The van der Waals surface area contributed by atoms with Crippen LogP contribution in [0.25, 0.3) is 0 Å². The zero-order chi connectivity index (χ0) is 20.2. The van der Waals surface area contributed by atoms with Gasteiger partial charge in [0.15, 0.2) is 5.96 Å². The molecule has 0 bridgehead atoms. The van der Waals surface area contributed by atoms with Crippen molar-refractivity contribution in [1.29, 1.82) is 0 Å². The fourth-order valence-electron chi connectivity index (χ4n) is 3.46. The molecule has 0 aliphatic carbocycles. The van der Waals surface area contributed by atoms with E-state index in [-0.39, 0.29) is 11.8 Å². The van der Waals surface area contributed by atoms with Gasteiger partial charge in [0, 0.05) is 46.4 Å². The number of piperidine rings is 1. The molecule has 28 heavy (non-hydrogen) atoms. The molecule has 2 rings (SSSR count). The van der Waals surface area contributed by atoms with Gasteiger partial charge in [-0.15, -0.1) is 0 Å². The van der Waals surface area contributed by atoms with Crippen molar-refractivity contribution in [3.63, 3.8) is 0 Å². The molecule has 1 aliphatic heterocycles. The van der Waals surface area contributed by atoms with Gasteiger partial charge in [-0.25, -0.2) is 0 Å². The summed E-state index contributed by atoms with van der Waals surface area (Å²) in [5.41, 5.74) is 7.95. The lowest BCUT2D eigenvalue weighted by Gasteiger charge is -2.31. The minimum absolute atomic E-state index is 0.0178. The summed E-state index contributed by atoms with van der Waals surface area (Å²) in [4.78, 5) is 18.1. The monoisotopic (exact) mass is 389 g/mol. The summed E-state index contributed by atoms with van der Waals surface area (Å²) in [7, 11) is 1.78. The summed E-state index contributed by atoms with van der Waals surface area (Å²) in [5.74, 6) is 0.598. The van der Waals surface area contributed by atoms with E-state index in [9.17, 15) is 4.79 Å². The smallest absolute Gasteiger partial charge is 0.221 e. The second kappa shape index (κ2) is 12.4. The van der Waals surface area contributed by atoms with Crippen LogP contribution in [0.4, 0.5) is 0 Å². The number of nitrogens with one attached hydrogen (secondary N) is 2. The lowest BCUT2D eigenvalue weighted by Crippen LogP contribution is -2.40. The molecular weight excluding hydrogens is 354 g/mol. The molecule has 1 atom stereocenters. The van der Waals surface area contributed by atoms with Gasteiger partial charge in [-0.3, -0.25) is 14.7 Å². The molecule has 1 aromatic carbocycles.